The number of hydrogen-bond acceptors (Lipinski definition) is 3. The van der Waals surface area contributed by atoms with Crippen LogP contribution >= 0.6 is 11.6 Å². The van der Waals surface area contributed by atoms with Gasteiger partial charge < -0.3 is 15.4 Å². The van der Waals surface area contributed by atoms with Gasteiger partial charge in [-0.3, -0.25) is 4.79 Å². The quantitative estimate of drug-likeness (QED) is 0.776. The summed E-state index contributed by atoms with van der Waals surface area (Å²) < 4.78 is 5.68. The summed E-state index contributed by atoms with van der Waals surface area (Å²) in [6.45, 7) is 7.77. The number of carbonyl (C=O) groups excluding carboxylic acids is 1. The van der Waals surface area contributed by atoms with Crippen LogP contribution in [0.15, 0.2) is 18.2 Å². The number of carbonyl (C=O) groups is 1. The number of benzene rings is 1. The van der Waals surface area contributed by atoms with Crippen LogP contribution in [-0.2, 0) is 11.3 Å². The zero-order valence-electron chi connectivity index (χ0n) is 12.3. The zero-order chi connectivity index (χ0) is 15.0. The first-order valence-electron chi connectivity index (χ1n) is 6.94. The summed E-state index contributed by atoms with van der Waals surface area (Å²) in [6, 6.07) is 5.71. The Morgan fingerprint density at radius 3 is 2.80 bits per heavy atom. The Morgan fingerprint density at radius 1 is 1.40 bits per heavy atom. The van der Waals surface area contributed by atoms with Gasteiger partial charge in [-0.1, -0.05) is 24.6 Å². The maximum absolute atomic E-state index is 11.5. The van der Waals surface area contributed by atoms with E-state index in [0.717, 1.165) is 17.9 Å². The average Bonchev–Trinajstić information content (AvgIpc) is 2.37. The molecule has 4 nitrogen and oxygen atoms in total. The molecule has 0 bridgehead atoms. The second kappa shape index (κ2) is 8.82. The maximum Gasteiger partial charge on any atom is 0.223 e. The fraction of sp³-hybridized carbons (Fsp3) is 0.533. The smallest absolute Gasteiger partial charge is 0.223 e. The van der Waals surface area contributed by atoms with E-state index >= 15 is 0 Å². The molecule has 1 aromatic rings. The molecule has 2 N–H and O–H groups in total. The Bertz CT molecular complexity index is 436. The SMILES string of the molecule is CCNCc1c(Cl)cccc1OCCC(=O)NC(C)C. The van der Waals surface area contributed by atoms with E-state index in [1.165, 1.54) is 0 Å². The lowest BCUT2D eigenvalue weighted by atomic mass is 10.2. The highest BCUT2D eigenvalue weighted by Crippen LogP contribution is 2.26. The average molecular weight is 299 g/mol. The number of rotatable bonds is 8. The Morgan fingerprint density at radius 2 is 2.15 bits per heavy atom. The molecule has 1 aromatic carbocycles. The zero-order valence-corrected chi connectivity index (χ0v) is 13.1. The number of halogens is 1. The minimum absolute atomic E-state index is 0.00439. The molecule has 0 aliphatic rings. The molecule has 1 rings (SSSR count). The van der Waals surface area contributed by atoms with E-state index < -0.39 is 0 Å². The summed E-state index contributed by atoms with van der Waals surface area (Å²) in [5.74, 6) is 0.728. The van der Waals surface area contributed by atoms with E-state index in [2.05, 4.69) is 10.6 Å². The third-order valence-electron chi connectivity index (χ3n) is 2.66. The molecule has 0 atom stereocenters. The monoisotopic (exact) mass is 298 g/mol. The summed E-state index contributed by atoms with van der Waals surface area (Å²) >= 11 is 6.18. The van der Waals surface area contributed by atoms with Gasteiger partial charge in [0.1, 0.15) is 5.75 Å². The van der Waals surface area contributed by atoms with Gasteiger partial charge in [0, 0.05) is 23.2 Å². The van der Waals surface area contributed by atoms with Crippen molar-refractivity contribution >= 4 is 17.5 Å². The molecule has 0 aromatic heterocycles. The summed E-state index contributed by atoms with van der Waals surface area (Å²) in [5, 5.41) is 6.74. The third-order valence-corrected chi connectivity index (χ3v) is 3.02. The molecule has 0 fully saturated rings. The van der Waals surface area contributed by atoms with Crippen molar-refractivity contribution in [1.29, 1.82) is 0 Å². The van der Waals surface area contributed by atoms with Crippen LogP contribution < -0.4 is 15.4 Å². The topological polar surface area (TPSA) is 50.4 Å². The molecule has 5 heteroatoms. The summed E-state index contributed by atoms with van der Waals surface area (Å²) in [6.07, 6.45) is 0.339. The fourth-order valence-electron chi connectivity index (χ4n) is 1.74. The molecule has 112 valence electrons. The first-order valence-corrected chi connectivity index (χ1v) is 7.32. The highest BCUT2D eigenvalue weighted by molar-refractivity contribution is 6.31. The summed E-state index contributed by atoms with van der Waals surface area (Å²) in [4.78, 5) is 11.5. The van der Waals surface area contributed by atoms with E-state index in [1.54, 1.807) is 0 Å². The predicted molar refractivity (Wildman–Crippen MR) is 82.2 cm³/mol. The van der Waals surface area contributed by atoms with E-state index in [0.29, 0.717) is 24.6 Å². The van der Waals surface area contributed by atoms with Gasteiger partial charge in [0.15, 0.2) is 0 Å². The van der Waals surface area contributed by atoms with Gasteiger partial charge in [0.25, 0.3) is 0 Å². The van der Waals surface area contributed by atoms with E-state index in [9.17, 15) is 4.79 Å². The summed E-state index contributed by atoms with van der Waals surface area (Å²) in [7, 11) is 0. The van der Waals surface area contributed by atoms with Gasteiger partial charge >= 0.3 is 0 Å². The van der Waals surface area contributed by atoms with Gasteiger partial charge in [-0.05, 0) is 32.5 Å². The molecule has 0 aliphatic heterocycles. The second-order valence-electron chi connectivity index (χ2n) is 4.82. The van der Waals surface area contributed by atoms with Crippen LogP contribution in [0.3, 0.4) is 0 Å². The van der Waals surface area contributed by atoms with Gasteiger partial charge in [-0.15, -0.1) is 0 Å². The molecule has 20 heavy (non-hydrogen) atoms. The van der Waals surface area contributed by atoms with Gasteiger partial charge in [-0.25, -0.2) is 0 Å². The van der Waals surface area contributed by atoms with Gasteiger partial charge in [-0.2, -0.15) is 0 Å². The Hall–Kier alpha value is -1.26. The van der Waals surface area contributed by atoms with Crippen molar-refractivity contribution < 1.29 is 9.53 Å². The Kier molecular flexibility index (Phi) is 7.41. The predicted octanol–water partition coefficient (Wildman–Crippen LogP) is 2.74. The molecule has 0 saturated carbocycles. The fourth-order valence-corrected chi connectivity index (χ4v) is 1.98. The number of nitrogens with one attached hydrogen (secondary N) is 2. The van der Waals surface area contributed by atoms with E-state index in [4.69, 9.17) is 16.3 Å². The molecule has 1 amide bonds. The lowest BCUT2D eigenvalue weighted by molar-refractivity contribution is -0.122. The molecule has 0 heterocycles. The van der Waals surface area contributed by atoms with Crippen LogP contribution in [0.4, 0.5) is 0 Å². The summed E-state index contributed by atoms with van der Waals surface area (Å²) in [5.41, 5.74) is 0.931. The lowest BCUT2D eigenvalue weighted by Gasteiger charge is -2.14. The third kappa shape index (κ3) is 5.80. The minimum atomic E-state index is -0.00439. The Labute approximate surface area is 125 Å². The molecule has 0 spiro atoms. The highest BCUT2D eigenvalue weighted by Gasteiger charge is 2.09. The standard InChI is InChI=1S/C15H23ClN2O2/c1-4-17-10-12-13(16)6-5-7-14(12)20-9-8-15(19)18-11(2)3/h5-7,11,17H,4,8-10H2,1-3H3,(H,18,19). The maximum atomic E-state index is 11.5. The van der Waals surface area contributed by atoms with E-state index in [-0.39, 0.29) is 11.9 Å². The van der Waals surface area contributed by atoms with Crippen molar-refractivity contribution in [3.63, 3.8) is 0 Å². The number of ether oxygens (including phenoxy) is 1. The van der Waals surface area contributed by atoms with Crippen molar-refractivity contribution in [3.8, 4) is 5.75 Å². The van der Waals surface area contributed by atoms with Crippen LogP contribution in [0.2, 0.25) is 5.02 Å². The van der Waals surface area contributed by atoms with Gasteiger partial charge in [0.05, 0.1) is 13.0 Å². The first-order chi connectivity index (χ1) is 9.54. The van der Waals surface area contributed by atoms with Crippen LogP contribution in [-0.4, -0.2) is 25.1 Å². The minimum Gasteiger partial charge on any atom is -0.493 e. The highest BCUT2D eigenvalue weighted by atomic mass is 35.5. The molecule has 0 unspecified atom stereocenters. The van der Waals surface area contributed by atoms with Crippen LogP contribution in [0.5, 0.6) is 5.75 Å². The first kappa shape index (κ1) is 16.8. The van der Waals surface area contributed by atoms with Crippen molar-refractivity contribution in [2.24, 2.45) is 0 Å². The lowest BCUT2D eigenvalue weighted by Crippen LogP contribution is -2.31. The number of amides is 1. The van der Waals surface area contributed by atoms with Gasteiger partial charge in [0.2, 0.25) is 5.91 Å². The van der Waals surface area contributed by atoms with E-state index in [1.807, 2.05) is 39.0 Å². The van der Waals surface area contributed by atoms with Crippen LogP contribution in [0.25, 0.3) is 0 Å². The number of hydrogen-bond donors (Lipinski definition) is 2. The molecular formula is C15H23ClN2O2. The van der Waals surface area contributed by atoms with Crippen molar-refractivity contribution in [1.82, 2.24) is 10.6 Å². The van der Waals surface area contributed by atoms with Crippen molar-refractivity contribution in [3.05, 3.63) is 28.8 Å². The van der Waals surface area contributed by atoms with Crippen molar-refractivity contribution in [2.45, 2.75) is 39.8 Å². The van der Waals surface area contributed by atoms with Crippen LogP contribution in [0, 0.1) is 0 Å². The molecule has 0 saturated heterocycles. The van der Waals surface area contributed by atoms with Crippen LogP contribution in [0.1, 0.15) is 32.8 Å². The largest absolute Gasteiger partial charge is 0.493 e. The second-order valence-corrected chi connectivity index (χ2v) is 5.22. The molecule has 0 radical (unpaired) electrons. The Balaban J connectivity index is 2.54. The molecule has 0 aliphatic carbocycles. The van der Waals surface area contributed by atoms with Crippen molar-refractivity contribution in [2.75, 3.05) is 13.2 Å². The molecular weight excluding hydrogens is 276 g/mol. The normalized spacial score (nSPS) is 10.7.